The Morgan fingerprint density at radius 1 is 1.14 bits per heavy atom. The van der Waals surface area contributed by atoms with Gasteiger partial charge in [0.1, 0.15) is 6.54 Å². The zero-order valence-electron chi connectivity index (χ0n) is 14.3. The predicted molar refractivity (Wildman–Crippen MR) is 94.3 cm³/mol. The number of imidazole rings is 1. The van der Waals surface area contributed by atoms with E-state index in [0.717, 1.165) is 6.07 Å². The maximum atomic E-state index is 13.3. The highest BCUT2D eigenvalue weighted by Gasteiger charge is 2.33. The van der Waals surface area contributed by atoms with Gasteiger partial charge in [0.15, 0.2) is 5.65 Å². The maximum Gasteiger partial charge on any atom is 0.417 e. The van der Waals surface area contributed by atoms with Crippen molar-refractivity contribution in [2.75, 3.05) is 5.32 Å². The standard InChI is InChI=1S/C18H13F3N6O/c19-18(20,21)14-4-2-1-3-13(14)12-5-6-15-23-17(25-27(15)9-12)24-16(28)10-26-8-7-22-11-26/h1-9,11H,10H2,(H,24,25,28). The van der Waals surface area contributed by atoms with Crippen LogP contribution in [0.4, 0.5) is 19.1 Å². The molecule has 0 aliphatic rings. The Balaban J connectivity index is 1.62. The fraction of sp³-hybridized carbons (Fsp3) is 0.111. The van der Waals surface area contributed by atoms with Crippen LogP contribution in [-0.2, 0) is 17.5 Å². The number of alkyl halides is 3. The molecule has 3 heterocycles. The summed E-state index contributed by atoms with van der Waals surface area (Å²) in [6, 6.07) is 8.39. The van der Waals surface area contributed by atoms with Crippen LogP contribution in [-0.4, -0.2) is 30.1 Å². The summed E-state index contributed by atoms with van der Waals surface area (Å²) in [5, 5.41) is 6.68. The molecule has 7 nitrogen and oxygen atoms in total. The average Bonchev–Trinajstić information content (AvgIpc) is 3.29. The van der Waals surface area contributed by atoms with Gasteiger partial charge in [-0.1, -0.05) is 18.2 Å². The molecule has 1 amide bonds. The van der Waals surface area contributed by atoms with Gasteiger partial charge >= 0.3 is 6.18 Å². The maximum absolute atomic E-state index is 13.3. The molecule has 0 atom stereocenters. The van der Waals surface area contributed by atoms with Crippen LogP contribution < -0.4 is 5.32 Å². The van der Waals surface area contributed by atoms with Crippen LogP contribution in [0, 0.1) is 0 Å². The normalized spacial score (nSPS) is 11.7. The largest absolute Gasteiger partial charge is 0.417 e. The van der Waals surface area contributed by atoms with Gasteiger partial charge in [-0.25, -0.2) is 9.50 Å². The fourth-order valence-corrected chi connectivity index (χ4v) is 2.79. The Kier molecular flexibility index (Phi) is 4.30. The first kappa shape index (κ1) is 17.7. The molecule has 3 aromatic heterocycles. The first-order valence-electron chi connectivity index (χ1n) is 8.19. The van der Waals surface area contributed by atoms with Gasteiger partial charge in [0.2, 0.25) is 11.9 Å². The summed E-state index contributed by atoms with van der Waals surface area (Å²) in [5.74, 6) is -0.289. The van der Waals surface area contributed by atoms with Crippen LogP contribution in [0.25, 0.3) is 16.8 Å². The molecule has 0 saturated carbocycles. The van der Waals surface area contributed by atoms with Gasteiger partial charge in [-0.05, 0) is 23.8 Å². The first-order valence-corrected chi connectivity index (χ1v) is 8.19. The second kappa shape index (κ2) is 6.80. The summed E-state index contributed by atoms with van der Waals surface area (Å²) >= 11 is 0. The molecule has 0 bridgehead atoms. The van der Waals surface area contributed by atoms with Crippen molar-refractivity contribution in [3.8, 4) is 11.1 Å². The Morgan fingerprint density at radius 2 is 1.96 bits per heavy atom. The van der Waals surface area contributed by atoms with E-state index in [1.54, 1.807) is 23.0 Å². The summed E-state index contributed by atoms with van der Waals surface area (Å²) in [7, 11) is 0. The number of fused-ring (bicyclic) bond motifs is 1. The van der Waals surface area contributed by atoms with Crippen molar-refractivity contribution in [2.24, 2.45) is 0 Å². The van der Waals surface area contributed by atoms with Gasteiger partial charge in [0.05, 0.1) is 11.9 Å². The monoisotopic (exact) mass is 386 g/mol. The van der Waals surface area contributed by atoms with Gasteiger partial charge in [-0.2, -0.15) is 18.2 Å². The molecule has 1 N–H and O–H groups in total. The van der Waals surface area contributed by atoms with Gasteiger partial charge in [0.25, 0.3) is 0 Å². The summed E-state index contributed by atoms with van der Waals surface area (Å²) in [5.41, 5.74) is 0.0363. The van der Waals surface area contributed by atoms with Crippen LogP contribution in [0.15, 0.2) is 61.3 Å². The summed E-state index contributed by atoms with van der Waals surface area (Å²) in [4.78, 5) is 20.0. The Hall–Kier alpha value is -3.69. The van der Waals surface area contributed by atoms with E-state index in [4.69, 9.17) is 0 Å². The van der Waals surface area contributed by atoms with Gasteiger partial charge < -0.3 is 4.57 Å². The van der Waals surface area contributed by atoms with Gasteiger partial charge in [-0.3, -0.25) is 10.1 Å². The van der Waals surface area contributed by atoms with Crippen molar-refractivity contribution in [2.45, 2.75) is 12.7 Å². The molecule has 0 unspecified atom stereocenters. The summed E-state index contributed by atoms with van der Waals surface area (Å²) in [6.45, 7) is 0.0414. The van der Waals surface area contributed by atoms with E-state index in [1.807, 2.05) is 0 Å². The molecule has 4 rings (SSSR count). The lowest BCUT2D eigenvalue weighted by molar-refractivity contribution is -0.137. The second-order valence-corrected chi connectivity index (χ2v) is 5.98. The smallest absolute Gasteiger partial charge is 0.328 e. The number of carbonyl (C=O) groups is 1. The van der Waals surface area contributed by atoms with Crippen molar-refractivity contribution in [1.29, 1.82) is 0 Å². The molecule has 1 aromatic carbocycles. The number of hydrogen-bond donors (Lipinski definition) is 1. The van der Waals surface area contributed by atoms with E-state index >= 15 is 0 Å². The van der Waals surface area contributed by atoms with Crippen molar-refractivity contribution in [3.05, 3.63) is 66.9 Å². The second-order valence-electron chi connectivity index (χ2n) is 5.98. The fourth-order valence-electron chi connectivity index (χ4n) is 2.79. The zero-order chi connectivity index (χ0) is 19.7. The van der Waals surface area contributed by atoms with Crippen LogP contribution in [0.3, 0.4) is 0 Å². The highest BCUT2D eigenvalue weighted by molar-refractivity contribution is 5.89. The first-order chi connectivity index (χ1) is 13.4. The Bertz CT molecular complexity index is 1130. The molecule has 0 radical (unpaired) electrons. The zero-order valence-corrected chi connectivity index (χ0v) is 14.3. The number of nitrogens with one attached hydrogen (secondary N) is 1. The molecule has 0 fully saturated rings. The van der Waals surface area contributed by atoms with E-state index in [1.165, 1.54) is 41.3 Å². The topological polar surface area (TPSA) is 77.1 Å². The Labute approximate surface area is 156 Å². The van der Waals surface area contributed by atoms with Crippen LogP contribution >= 0.6 is 0 Å². The number of nitrogens with zero attached hydrogens (tertiary/aromatic N) is 5. The van der Waals surface area contributed by atoms with Crippen LogP contribution in [0.1, 0.15) is 5.56 Å². The quantitative estimate of drug-likeness (QED) is 0.584. The molecule has 0 aliphatic carbocycles. The minimum absolute atomic E-state index is 0.0399. The minimum Gasteiger partial charge on any atom is -0.328 e. The third-order valence-corrected chi connectivity index (χ3v) is 4.01. The third-order valence-electron chi connectivity index (χ3n) is 4.01. The summed E-state index contributed by atoms with van der Waals surface area (Å²) in [6.07, 6.45) is 1.66. The number of pyridine rings is 1. The number of anilines is 1. The van der Waals surface area contributed by atoms with Gasteiger partial charge in [0, 0.05) is 24.2 Å². The Morgan fingerprint density at radius 3 is 2.71 bits per heavy atom. The van der Waals surface area contributed by atoms with E-state index in [2.05, 4.69) is 20.4 Å². The highest BCUT2D eigenvalue weighted by Crippen LogP contribution is 2.36. The van der Waals surface area contributed by atoms with Crippen molar-refractivity contribution in [1.82, 2.24) is 24.1 Å². The third kappa shape index (κ3) is 3.56. The van der Waals surface area contributed by atoms with Crippen molar-refractivity contribution >= 4 is 17.5 Å². The van der Waals surface area contributed by atoms with Crippen LogP contribution in [0.5, 0.6) is 0 Å². The lowest BCUT2D eigenvalue weighted by Gasteiger charge is -2.12. The molecular formula is C18H13F3N6O. The van der Waals surface area contributed by atoms with E-state index in [-0.39, 0.29) is 24.0 Å². The lowest BCUT2D eigenvalue weighted by Crippen LogP contribution is -2.18. The number of halogens is 3. The van der Waals surface area contributed by atoms with Crippen LogP contribution in [0.2, 0.25) is 0 Å². The van der Waals surface area contributed by atoms with Gasteiger partial charge in [-0.15, -0.1) is 5.10 Å². The van der Waals surface area contributed by atoms with E-state index in [0.29, 0.717) is 11.2 Å². The molecule has 0 saturated heterocycles. The number of benzene rings is 1. The molecule has 0 spiro atoms. The highest BCUT2D eigenvalue weighted by atomic mass is 19.4. The minimum atomic E-state index is -4.47. The number of rotatable bonds is 4. The van der Waals surface area contributed by atoms with Crippen molar-refractivity contribution < 1.29 is 18.0 Å². The number of amides is 1. The molecule has 10 heteroatoms. The molecular weight excluding hydrogens is 373 g/mol. The van der Waals surface area contributed by atoms with E-state index in [9.17, 15) is 18.0 Å². The number of carbonyl (C=O) groups excluding carboxylic acids is 1. The summed E-state index contributed by atoms with van der Waals surface area (Å²) < 4.78 is 42.7. The molecule has 28 heavy (non-hydrogen) atoms. The molecule has 142 valence electrons. The lowest BCUT2D eigenvalue weighted by atomic mass is 10.0. The number of aromatic nitrogens is 5. The molecule has 4 aromatic rings. The number of hydrogen-bond acceptors (Lipinski definition) is 4. The van der Waals surface area contributed by atoms with Crippen molar-refractivity contribution in [3.63, 3.8) is 0 Å². The average molecular weight is 386 g/mol. The molecule has 0 aliphatic heterocycles. The SMILES string of the molecule is O=C(Cn1ccnc1)Nc1nc2ccc(-c3ccccc3C(F)(F)F)cn2n1. The van der Waals surface area contributed by atoms with E-state index < -0.39 is 11.7 Å². The predicted octanol–water partition coefficient (Wildman–Crippen LogP) is 3.25.